The highest BCUT2D eigenvalue weighted by molar-refractivity contribution is 6.28. The van der Waals surface area contributed by atoms with E-state index in [1.807, 2.05) is 0 Å². The van der Waals surface area contributed by atoms with Gasteiger partial charge in [0.1, 0.15) is 11.6 Å². The van der Waals surface area contributed by atoms with Crippen LogP contribution in [0.15, 0.2) is 12.1 Å². The lowest BCUT2D eigenvalue weighted by atomic mass is 10.2. The molecule has 1 heterocycles. The van der Waals surface area contributed by atoms with Gasteiger partial charge in [0.15, 0.2) is 11.6 Å². The Labute approximate surface area is 105 Å². The zero-order valence-electron chi connectivity index (χ0n) is 9.00. The lowest BCUT2D eigenvalue weighted by Crippen LogP contribution is -2.05. The Morgan fingerprint density at radius 1 is 1.17 bits per heavy atom. The molecule has 0 unspecified atom stereocenters. The van der Waals surface area contributed by atoms with E-state index in [-0.39, 0.29) is 16.9 Å². The molecule has 0 radical (unpaired) electrons. The molecule has 1 aliphatic rings. The van der Waals surface area contributed by atoms with Gasteiger partial charge < -0.3 is 0 Å². The van der Waals surface area contributed by atoms with Crippen LogP contribution in [-0.2, 0) is 0 Å². The molecule has 0 atom stereocenters. The molecule has 0 N–H and O–H groups in total. The molecule has 7 heteroatoms. The summed E-state index contributed by atoms with van der Waals surface area (Å²) in [6.07, 6.45) is 1.77. The Morgan fingerprint density at radius 3 is 2.56 bits per heavy atom. The first-order chi connectivity index (χ1) is 8.58. The molecule has 94 valence electrons. The predicted molar refractivity (Wildman–Crippen MR) is 58.2 cm³/mol. The SMILES string of the molecule is Fc1cc(F)c(F)c(-n2c(Cl)nnc2C2CC2)c1. The fourth-order valence-corrected chi connectivity index (χ4v) is 2.03. The second-order valence-electron chi connectivity index (χ2n) is 4.16. The monoisotopic (exact) mass is 273 g/mol. The Balaban J connectivity index is 2.23. The molecule has 18 heavy (non-hydrogen) atoms. The largest absolute Gasteiger partial charge is 0.266 e. The molecule has 0 saturated heterocycles. The first kappa shape index (κ1) is 11.5. The average molecular weight is 274 g/mol. The zero-order chi connectivity index (χ0) is 12.9. The number of nitrogens with zero attached hydrogens (tertiary/aromatic N) is 3. The summed E-state index contributed by atoms with van der Waals surface area (Å²) in [4.78, 5) is 0. The molecule has 2 aromatic rings. The van der Waals surface area contributed by atoms with Crippen molar-refractivity contribution in [2.45, 2.75) is 18.8 Å². The van der Waals surface area contributed by atoms with Gasteiger partial charge in [-0.1, -0.05) is 0 Å². The van der Waals surface area contributed by atoms with Gasteiger partial charge in [0, 0.05) is 18.1 Å². The topological polar surface area (TPSA) is 30.7 Å². The molecule has 0 bridgehead atoms. The molecule has 0 amide bonds. The Kier molecular flexibility index (Phi) is 2.55. The summed E-state index contributed by atoms with van der Waals surface area (Å²) in [5, 5.41) is 7.34. The van der Waals surface area contributed by atoms with Gasteiger partial charge in [-0.05, 0) is 24.4 Å². The molecule has 3 rings (SSSR count). The van der Waals surface area contributed by atoms with Crippen LogP contribution in [0.5, 0.6) is 0 Å². The van der Waals surface area contributed by atoms with Crippen molar-refractivity contribution in [2.24, 2.45) is 0 Å². The van der Waals surface area contributed by atoms with E-state index >= 15 is 0 Å². The third kappa shape index (κ3) is 1.77. The highest BCUT2D eigenvalue weighted by Crippen LogP contribution is 2.41. The number of aromatic nitrogens is 3. The molecule has 3 nitrogen and oxygen atoms in total. The van der Waals surface area contributed by atoms with Crippen LogP contribution in [-0.4, -0.2) is 14.8 Å². The van der Waals surface area contributed by atoms with E-state index in [0.717, 1.165) is 23.5 Å². The quantitative estimate of drug-likeness (QED) is 0.787. The highest BCUT2D eigenvalue weighted by atomic mass is 35.5. The second kappa shape index (κ2) is 3.98. The Bertz CT molecular complexity index is 622. The van der Waals surface area contributed by atoms with Gasteiger partial charge in [-0.3, -0.25) is 4.57 Å². The van der Waals surface area contributed by atoms with E-state index in [0.29, 0.717) is 11.9 Å². The maximum Gasteiger partial charge on any atom is 0.229 e. The van der Waals surface area contributed by atoms with Gasteiger partial charge in [0.2, 0.25) is 5.28 Å². The van der Waals surface area contributed by atoms with Crippen molar-refractivity contribution >= 4 is 11.6 Å². The third-order valence-corrected chi connectivity index (χ3v) is 3.05. The van der Waals surface area contributed by atoms with E-state index in [2.05, 4.69) is 10.2 Å². The van der Waals surface area contributed by atoms with Gasteiger partial charge in [0.25, 0.3) is 0 Å². The number of halogens is 4. The van der Waals surface area contributed by atoms with Crippen molar-refractivity contribution in [3.63, 3.8) is 0 Å². The molecular weight excluding hydrogens is 267 g/mol. The van der Waals surface area contributed by atoms with Crippen LogP contribution >= 0.6 is 11.6 Å². The van der Waals surface area contributed by atoms with Gasteiger partial charge in [-0.15, -0.1) is 10.2 Å². The van der Waals surface area contributed by atoms with Gasteiger partial charge in [0.05, 0.1) is 5.69 Å². The maximum atomic E-state index is 13.7. The molecule has 1 fully saturated rings. The fourth-order valence-electron chi connectivity index (χ4n) is 1.81. The molecule has 1 aromatic carbocycles. The lowest BCUT2D eigenvalue weighted by molar-refractivity contribution is 0.489. The van der Waals surface area contributed by atoms with Gasteiger partial charge in [-0.2, -0.15) is 0 Å². The number of hydrogen-bond donors (Lipinski definition) is 0. The van der Waals surface area contributed by atoms with Crippen LogP contribution in [0.4, 0.5) is 13.2 Å². The first-order valence-electron chi connectivity index (χ1n) is 5.33. The first-order valence-corrected chi connectivity index (χ1v) is 5.71. The van der Waals surface area contributed by atoms with Crippen molar-refractivity contribution in [2.75, 3.05) is 0 Å². The minimum atomic E-state index is -1.27. The fraction of sp³-hybridized carbons (Fsp3) is 0.273. The summed E-state index contributed by atoms with van der Waals surface area (Å²) in [6, 6.07) is 1.35. The van der Waals surface area contributed by atoms with Crippen molar-refractivity contribution in [1.82, 2.24) is 14.8 Å². The summed E-state index contributed by atoms with van der Waals surface area (Å²) in [5.74, 6) is -2.76. The van der Waals surface area contributed by atoms with E-state index < -0.39 is 17.5 Å². The number of rotatable bonds is 2. The van der Waals surface area contributed by atoms with Crippen molar-refractivity contribution < 1.29 is 13.2 Å². The molecule has 1 aliphatic carbocycles. The predicted octanol–water partition coefficient (Wildman–Crippen LogP) is 3.22. The van der Waals surface area contributed by atoms with Crippen molar-refractivity contribution in [3.05, 3.63) is 40.7 Å². The second-order valence-corrected chi connectivity index (χ2v) is 4.50. The number of benzene rings is 1. The maximum absolute atomic E-state index is 13.7. The average Bonchev–Trinajstić information content (AvgIpc) is 3.08. The normalized spacial score (nSPS) is 15.1. The van der Waals surface area contributed by atoms with Crippen LogP contribution in [0.3, 0.4) is 0 Å². The summed E-state index contributed by atoms with van der Waals surface area (Å²) in [7, 11) is 0. The molecular formula is C11H7ClF3N3. The molecule has 0 spiro atoms. The van der Waals surface area contributed by atoms with Gasteiger partial charge in [-0.25, -0.2) is 13.2 Å². The summed E-state index contributed by atoms with van der Waals surface area (Å²) < 4.78 is 41.2. The van der Waals surface area contributed by atoms with Crippen LogP contribution in [0.25, 0.3) is 5.69 Å². The smallest absolute Gasteiger partial charge is 0.229 e. The van der Waals surface area contributed by atoms with Crippen molar-refractivity contribution in [1.29, 1.82) is 0 Å². The zero-order valence-corrected chi connectivity index (χ0v) is 9.76. The summed E-state index contributed by atoms with van der Waals surface area (Å²) in [5.41, 5.74) is -0.301. The minimum Gasteiger partial charge on any atom is -0.266 e. The molecule has 1 aromatic heterocycles. The van der Waals surface area contributed by atoms with Crippen LogP contribution < -0.4 is 0 Å². The van der Waals surface area contributed by atoms with E-state index in [1.54, 1.807) is 0 Å². The van der Waals surface area contributed by atoms with E-state index in [4.69, 9.17) is 11.6 Å². The molecule has 1 saturated carbocycles. The van der Waals surface area contributed by atoms with E-state index in [1.165, 1.54) is 0 Å². The Hall–Kier alpha value is -1.56. The summed E-state index contributed by atoms with van der Waals surface area (Å²) >= 11 is 5.81. The lowest BCUT2D eigenvalue weighted by Gasteiger charge is -2.09. The highest BCUT2D eigenvalue weighted by Gasteiger charge is 2.31. The summed E-state index contributed by atoms with van der Waals surface area (Å²) in [6.45, 7) is 0. The molecule has 0 aliphatic heterocycles. The van der Waals surface area contributed by atoms with Gasteiger partial charge >= 0.3 is 0 Å². The van der Waals surface area contributed by atoms with Crippen LogP contribution in [0, 0.1) is 17.5 Å². The number of hydrogen-bond acceptors (Lipinski definition) is 2. The van der Waals surface area contributed by atoms with E-state index in [9.17, 15) is 13.2 Å². The van der Waals surface area contributed by atoms with Crippen molar-refractivity contribution in [3.8, 4) is 5.69 Å². The van der Waals surface area contributed by atoms with Crippen LogP contribution in [0.1, 0.15) is 24.6 Å². The third-order valence-electron chi connectivity index (χ3n) is 2.81. The Morgan fingerprint density at radius 2 is 1.89 bits per heavy atom. The standard InChI is InChI=1S/C11H7ClF3N3/c12-11-17-16-10(5-1-2-5)18(11)8-4-6(13)3-7(14)9(8)15/h3-5H,1-2H2. The van der Waals surface area contributed by atoms with Crippen LogP contribution in [0.2, 0.25) is 5.28 Å². The minimum absolute atomic E-state index is 0.110.